The Labute approximate surface area is 172 Å². The lowest BCUT2D eigenvalue weighted by Crippen LogP contribution is -2.14. The smallest absolute Gasteiger partial charge is 0.335 e. The average Bonchev–Trinajstić information content (AvgIpc) is 3.13. The number of H-pyrrole nitrogens is 1. The number of hydrogen-bond donors (Lipinski definition) is 2. The molecule has 0 aliphatic carbocycles. The lowest BCUT2D eigenvalue weighted by atomic mass is 10.2. The molecule has 0 saturated heterocycles. The van der Waals surface area contributed by atoms with Gasteiger partial charge < -0.3 is 20.2 Å². The van der Waals surface area contributed by atoms with Crippen LogP contribution < -0.4 is 15.2 Å². The van der Waals surface area contributed by atoms with Gasteiger partial charge in [0.2, 0.25) is 0 Å². The van der Waals surface area contributed by atoms with E-state index in [1.807, 2.05) is 31.2 Å². The van der Waals surface area contributed by atoms with E-state index in [-0.39, 0.29) is 6.10 Å². The largest absolute Gasteiger partial charge is 0.488 e. The first kappa shape index (κ1) is 22.1. The Morgan fingerprint density at radius 2 is 1.86 bits per heavy atom. The number of rotatable bonds is 7. The number of amides is 1. The number of aromatic nitrogens is 2. The summed E-state index contributed by atoms with van der Waals surface area (Å²) in [5.41, 5.74) is 7.40. The molecule has 154 valence electrons. The fourth-order valence-corrected chi connectivity index (χ4v) is 2.75. The Kier molecular flexibility index (Phi) is 7.90. The van der Waals surface area contributed by atoms with Crippen LogP contribution in [0.4, 0.5) is 0 Å². The zero-order valence-electron chi connectivity index (χ0n) is 16.4. The SMILES string of the molecule is CCC(CC)Oc1cc(Oc2ccc(C)nc2)cc2cc(C(N)=O)[nH]c12.O=S=O. The first-order valence-electron chi connectivity index (χ1n) is 9.07. The number of nitrogens with one attached hydrogen (secondary N) is 1. The molecule has 0 saturated carbocycles. The number of primary amides is 1. The molecule has 0 bridgehead atoms. The van der Waals surface area contributed by atoms with Crippen LogP contribution in [-0.4, -0.2) is 30.4 Å². The Morgan fingerprint density at radius 3 is 2.41 bits per heavy atom. The van der Waals surface area contributed by atoms with Gasteiger partial charge in [-0.1, -0.05) is 13.8 Å². The van der Waals surface area contributed by atoms with E-state index < -0.39 is 17.5 Å². The fourth-order valence-electron chi connectivity index (χ4n) is 2.75. The van der Waals surface area contributed by atoms with Crippen molar-refractivity contribution in [2.45, 2.75) is 39.7 Å². The second-order valence-electron chi connectivity index (χ2n) is 6.29. The van der Waals surface area contributed by atoms with E-state index >= 15 is 0 Å². The Balaban J connectivity index is 0.000000941. The zero-order chi connectivity index (χ0) is 21.4. The van der Waals surface area contributed by atoms with Gasteiger partial charge in [0.05, 0.1) is 17.8 Å². The number of hydrogen-bond acceptors (Lipinski definition) is 6. The minimum absolute atomic E-state index is 0.0785. The predicted molar refractivity (Wildman–Crippen MR) is 110 cm³/mol. The number of aromatic amines is 1. The van der Waals surface area contributed by atoms with Crippen LogP contribution in [0.5, 0.6) is 17.2 Å². The van der Waals surface area contributed by atoms with E-state index in [1.165, 1.54) is 0 Å². The molecular weight excluding hydrogens is 394 g/mol. The zero-order valence-corrected chi connectivity index (χ0v) is 17.2. The second-order valence-corrected chi connectivity index (χ2v) is 6.43. The summed E-state index contributed by atoms with van der Waals surface area (Å²) in [7, 11) is 0. The summed E-state index contributed by atoms with van der Waals surface area (Å²) in [6.45, 7) is 6.07. The van der Waals surface area contributed by atoms with Crippen molar-refractivity contribution in [1.29, 1.82) is 0 Å². The Bertz CT molecular complexity index is 1010. The van der Waals surface area contributed by atoms with Gasteiger partial charge in [0.15, 0.2) is 0 Å². The van der Waals surface area contributed by atoms with Crippen molar-refractivity contribution < 1.29 is 22.7 Å². The van der Waals surface area contributed by atoms with E-state index in [2.05, 4.69) is 23.8 Å². The Hall–Kier alpha value is -3.20. The summed E-state index contributed by atoms with van der Waals surface area (Å²) in [6, 6.07) is 9.12. The molecule has 0 unspecified atom stereocenters. The van der Waals surface area contributed by atoms with Crippen LogP contribution in [-0.2, 0) is 11.6 Å². The number of carbonyl (C=O) groups excluding carboxylic acids is 1. The van der Waals surface area contributed by atoms with E-state index in [0.29, 0.717) is 22.9 Å². The summed E-state index contributed by atoms with van der Waals surface area (Å²) >= 11 is -0.750. The monoisotopic (exact) mass is 417 g/mol. The third-order valence-corrected chi connectivity index (χ3v) is 4.26. The molecule has 1 amide bonds. The normalized spacial score (nSPS) is 10.3. The van der Waals surface area contributed by atoms with Crippen LogP contribution in [0.15, 0.2) is 36.5 Å². The van der Waals surface area contributed by atoms with Crippen molar-refractivity contribution in [3.8, 4) is 17.2 Å². The molecule has 8 nitrogen and oxygen atoms in total. The van der Waals surface area contributed by atoms with Gasteiger partial charge in [-0.15, -0.1) is 0 Å². The summed E-state index contributed by atoms with van der Waals surface area (Å²) in [4.78, 5) is 18.8. The van der Waals surface area contributed by atoms with Gasteiger partial charge >= 0.3 is 11.6 Å². The molecule has 3 N–H and O–H groups in total. The van der Waals surface area contributed by atoms with Crippen molar-refractivity contribution in [1.82, 2.24) is 9.97 Å². The van der Waals surface area contributed by atoms with Crippen molar-refractivity contribution in [2.75, 3.05) is 0 Å². The molecule has 1 aromatic carbocycles. The van der Waals surface area contributed by atoms with Crippen molar-refractivity contribution in [3.05, 3.63) is 47.9 Å². The van der Waals surface area contributed by atoms with Gasteiger partial charge in [-0.3, -0.25) is 9.78 Å². The highest BCUT2D eigenvalue weighted by Gasteiger charge is 2.15. The third-order valence-electron chi connectivity index (χ3n) is 4.26. The summed E-state index contributed by atoms with van der Waals surface area (Å²) in [6.07, 6.45) is 3.52. The molecule has 0 aliphatic rings. The van der Waals surface area contributed by atoms with Crippen LogP contribution in [0.3, 0.4) is 0 Å². The predicted octanol–water partition coefficient (Wildman–Crippen LogP) is 3.66. The number of fused-ring (bicyclic) bond motifs is 1. The lowest BCUT2D eigenvalue weighted by molar-refractivity contribution is 0.0996. The third kappa shape index (κ3) is 5.89. The molecule has 0 spiro atoms. The maximum atomic E-state index is 11.5. The topological polar surface area (TPSA) is 124 Å². The van der Waals surface area contributed by atoms with Crippen molar-refractivity contribution in [2.24, 2.45) is 5.73 Å². The number of benzene rings is 1. The van der Waals surface area contributed by atoms with Gasteiger partial charge in [0, 0.05) is 17.1 Å². The number of aryl methyl sites for hydroxylation is 1. The molecule has 0 atom stereocenters. The molecule has 3 rings (SSSR count). The molecule has 9 heteroatoms. The minimum atomic E-state index is -0.750. The number of ether oxygens (including phenoxy) is 2. The van der Waals surface area contributed by atoms with Crippen molar-refractivity contribution >= 4 is 28.4 Å². The second kappa shape index (κ2) is 10.4. The molecule has 2 aromatic heterocycles. The van der Waals surface area contributed by atoms with Gasteiger partial charge in [-0.25, -0.2) is 0 Å². The number of nitrogens with two attached hydrogens (primary N) is 1. The summed E-state index contributed by atoms with van der Waals surface area (Å²) < 4.78 is 28.6. The minimum Gasteiger partial charge on any atom is -0.488 e. The molecule has 0 fully saturated rings. The Morgan fingerprint density at radius 1 is 1.17 bits per heavy atom. The van der Waals surface area contributed by atoms with Crippen LogP contribution in [0.1, 0.15) is 42.9 Å². The van der Waals surface area contributed by atoms with Crippen molar-refractivity contribution in [3.63, 3.8) is 0 Å². The van der Waals surface area contributed by atoms with Gasteiger partial charge in [0.1, 0.15) is 22.9 Å². The maximum absolute atomic E-state index is 11.5. The highest BCUT2D eigenvalue weighted by atomic mass is 32.1. The summed E-state index contributed by atoms with van der Waals surface area (Å²) in [5, 5.41) is 0.803. The first-order valence-corrected chi connectivity index (χ1v) is 9.73. The summed E-state index contributed by atoms with van der Waals surface area (Å²) in [5.74, 6) is 1.37. The van der Waals surface area contributed by atoms with E-state index in [9.17, 15) is 4.79 Å². The highest BCUT2D eigenvalue weighted by molar-refractivity contribution is 7.51. The van der Waals surface area contributed by atoms with E-state index in [1.54, 1.807) is 12.3 Å². The quantitative estimate of drug-likeness (QED) is 0.604. The van der Waals surface area contributed by atoms with Gasteiger partial charge in [0.25, 0.3) is 5.91 Å². The number of carbonyl (C=O) groups is 1. The van der Waals surface area contributed by atoms with E-state index in [0.717, 1.165) is 29.4 Å². The first-order chi connectivity index (χ1) is 13.9. The van der Waals surface area contributed by atoms with Crippen LogP contribution in [0, 0.1) is 6.92 Å². The lowest BCUT2D eigenvalue weighted by Gasteiger charge is -2.17. The molecular formula is C20H23N3O5S. The maximum Gasteiger partial charge on any atom is 0.335 e. The molecule has 2 heterocycles. The van der Waals surface area contributed by atoms with Gasteiger partial charge in [-0.05, 0) is 44.0 Å². The van der Waals surface area contributed by atoms with E-state index in [4.69, 9.17) is 23.6 Å². The molecule has 29 heavy (non-hydrogen) atoms. The molecule has 3 aromatic rings. The van der Waals surface area contributed by atoms with Crippen LogP contribution in [0.2, 0.25) is 0 Å². The van der Waals surface area contributed by atoms with Gasteiger partial charge in [-0.2, -0.15) is 8.42 Å². The molecule has 0 radical (unpaired) electrons. The average molecular weight is 417 g/mol. The standard InChI is InChI=1S/C20H23N3O3.O2S/c1-4-14(5-2)26-18-10-16(25-15-7-6-12(3)22-11-15)8-13-9-17(20(21)24)23-19(13)18;1-3-2/h6-11,14,23H,4-5H2,1-3H3,(H2,21,24);. The highest BCUT2D eigenvalue weighted by Crippen LogP contribution is 2.34. The van der Waals surface area contributed by atoms with Crippen LogP contribution in [0.25, 0.3) is 10.9 Å². The number of nitrogens with zero attached hydrogens (tertiary/aromatic N) is 1. The number of pyridine rings is 1. The van der Waals surface area contributed by atoms with Crippen LogP contribution >= 0.6 is 0 Å². The molecule has 0 aliphatic heterocycles. The fraction of sp³-hybridized carbons (Fsp3) is 0.300.